The van der Waals surface area contributed by atoms with Crippen LogP contribution in [0.15, 0.2) is 48.5 Å². The summed E-state index contributed by atoms with van der Waals surface area (Å²) in [6, 6.07) is 13.8. The quantitative estimate of drug-likeness (QED) is 0.416. The van der Waals surface area contributed by atoms with Crippen LogP contribution in [-0.2, 0) is 20.9 Å². The molecule has 0 aromatic heterocycles. The molecule has 5 rings (SSSR count). The molecule has 2 aromatic rings. The molecular weight excluding hydrogens is 534 g/mol. The lowest BCUT2D eigenvalue weighted by molar-refractivity contribution is -0.143. The zero-order valence-electron chi connectivity index (χ0n) is 22.5. The zero-order valence-corrected chi connectivity index (χ0v) is 24.1. The lowest BCUT2D eigenvalue weighted by atomic mass is 9.70. The number of aliphatic hydroxyl groups is 1. The Balaban J connectivity index is 1.50. The first kappa shape index (κ1) is 28.0. The molecule has 3 saturated heterocycles. The fourth-order valence-corrected chi connectivity index (χ4v) is 9.22. The Hall–Kier alpha value is -2.55. The molecule has 0 radical (unpaired) electrons. The van der Waals surface area contributed by atoms with Crippen LogP contribution in [-0.4, -0.2) is 56.4 Å². The van der Waals surface area contributed by atoms with Gasteiger partial charge in [-0.2, -0.15) is 0 Å². The number of halogens is 1. The lowest BCUT2D eigenvalue weighted by Gasteiger charge is -2.39. The fourth-order valence-electron chi connectivity index (χ4n) is 6.75. The summed E-state index contributed by atoms with van der Waals surface area (Å²) in [4.78, 5) is 43.7. The zero-order chi connectivity index (χ0) is 27.9. The van der Waals surface area contributed by atoms with Crippen LogP contribution in [0.4, 0.5) is 5.69 Å². The Labute approximate surface area is 239 Å². The molecule has 39 heavy (non-hydrogen) atoms. The number of benzene rings is 2. The standard InChI is InChI=1S/C30H36ClN3O4S/c1-4-17(2)21(16-35)34-26(28(37)33-25-18(3)9-8-12-20(25)31)30-14-13-22(39-30)23(24(30)29(34)38)27(36)32-15-19-10-6-5-7-11-19/h5-12,17,21-24,26,35H,4,13-16H2,1-3H3,(H,32,36)(H,33,37)/t17-,21-,22+,23-,24-,26?,30?/m0/s1. The number of carbonyl (C=O) groups excluding carboxylic acids is 3. The normalized spacial score (nSPS) is 28.7. The number of likely N-dealkylation sites (tertiary alicyclic amines) is 1. The van der Waals surface area contributed by atoms with Gasteiger partial charge in [-0.25, -0.2) is 0 Å². The van der Waals surface area contributed by atoms with Crippen LogP contribution < -0.4 is 10.6 Å². The number of rotatable bonds is 9. The highest BCUT2D eigenvalue weighted by Crippen LogP contribution is 2.66. The molecule has 208 valence electrons. The second-order valence-corrected chi connectivity index (χ2v) is 13.1. The molecule has 3 N–H and O–H groups in total. The number of aliphatic hydroxyl groups excluding tert-OH is 1. The van der Waals surface area contributed by atoms with E-state index >= 15 is 0 Å². The summed E-state index contributed by atoms with van der Waals surface area (Å²) >= 11 is 8.07. The van der Waals surface area contributed by atoms with Gasteiger partial charge in [-0.3, -0.25) is 14.4 Å². The third kappa shape index (κ3) is 4.74. The molecule has 9 heteroatoms. The maximum absolute atomic E-state index is 14.3. The van der Waals surface area contributed by atoms with Crippen LogP contribution in [0.5, 0.6) is 0 Å². The van der Waals surface area contributed by atoms with E-state index in [0.29, 0.717) is 23.7 Å². The summed E-state index contributed by atoms with van der Waals surface area (Å²) < 4.78 is -0.739. The van der Waals surface area contributed by atoms with Gasteiger partial charge in [-0.1, -0.05) is 74.3 Å². The van der Waals surface area contributed by atoms with Crippen molar-refractivity contribution in [2.45, 2.75) is 68.7 Å². The second kappa shape index (κ2) is 11.1. The molecule has 7 nitrogen and oxygen atoms in total. The number of hydrogen-bond donors (Lipinski definition) is 3. The highest BCUT2D eigenvalue weighted by molar-refractivity contribution is 8.02. The summed E-state index contributed by atoms with van der Waals surface area (Å²) in [5.74, 6) is -1.86. The summed E-state index contributed by atoms with van der Waals surface area (Å²) in [5, 5.41) is 16.9. The van der Waals surface area contributed by atoms with Gasteiger partial charge in [0.25, 0.3) is 0 Å². The highest BCUT2D eigenvalue weighted by atomic mass is 35.5. The van der Waals surface area contributed by atoms with Gasteiger partial charge in [-0.15, -0.1) is 11.8 Å². The van der Waals surface area contributed by atoms with Crippen molar-refractivity contribution in [3.8, 4) is 0 Å². The number of para-hydroxylation sites is 1. The van der Waals surface area contributed by atoms with Crippen LogP contribution in [0, 0.1) is 24.7 Å². The van der Waals surface area contributed by atoms with Gasteiger partial charge in [0.05, 0.1) is 39.9 Å². The Morgan fingerprint density at radius 2 is 1.92 bits per heavy atom. The van der Waals surface area contributed by atoms with Gasteiger partial charge >= 0.3 is 0 Å². The molecule has 0 saturated carbocycles. The van der Waals surface area contributed by atoms with Crippen molar-refractivity contribution < 1.29 is 19.5 Å². The number of anilines is 1. The summed E-state index contributed by atoms with van der Waals surface area (Å²) in [6.45, 7) is 6.00. The monoisotopic (exact) mass is 569 g/mol. The van der Waals surface area contributed by atoms with Crippen LogP contribution in [0.25, 0.3) is 0 Å². The van der Waals surface area contributed by atoms with E-state index in [1.54, 1.807) is 22.7 Å². The number of carbonyl (C=O) groups is 3. The van der Waals surface area contributed by atoms with Crippen molar-refractivity contribution in [1.29, 1.82) is 0 Å². The topological polar surface area (TPSA) is 98.7 Å². The Morgan fingerprint density at radius 1 is 1.18 bits per heavy atom. The molecule has 0 aliphatic carbocycles. The number of hydrogen-bond acceptors (Lipinski definition) is 5. The van der Waals surface area contributed by atoms with E-state index in [1.807, 2.05) is 63.2 Å². The van der Waals surface area contributed by atoms with E-state index < -0.39 is 28.7 Å². The lowest BCUT2D eigenvalue weighted by Crippen LogP contribution is -2.56. The van der Waals surface area contributed by atoms with Crippen LogP contribution >= 0.6 is 23.4 Å². The van der Waals surface area contributed by atoms with Gasteiger partial charge in [0.1, 0.15) is 6.04 Å². The van der Waals surface area contributed by atoms with Gasteiger partial charge in [0, 0.05) is 11.8 Å². The van der Waals surface area contributed by atoms with E-state index in [2.05, 4.69) is 10.6 Å². The average Bonchev–Trinajstić information content (AvgIpc) is 3.58. The Kier molecular flexibility index (Phi) is 8.00. The summed E-state index contributed by atoms with van der Waals surface area (Å²) in [7, 11) is 0. The van der Waals surface area contributed by atoms with Crippen LogP contribution in [0.3, 0.4) is 0 Å². The molecule has 3 aliphatic rings. The minimum absolute atomic E-state index is 0.0286. The molecule has 3 amide bonds. The van der Waals surface area contributed by atoms with Crippen molar-refractivity contribution in [3.05, 3.63) is 64.7 Å². The molecule has 1 spiro atoms. The van der Waals surface area contributed by atoms with E-state index in [4.69, 9.17) is 11.6 Å². The van der Waals surface area contributed by atoms with E-state index in [0.717, 1.165) is 24.0 Å². The number of amides is 3. The predicted molar refractivity (Wildman–Crippen MR) is 154 cm³/mol. The first-order valence-corrected chi connectivity index (χ1v) is 15.0. The molecular formula is C30H36ClN3O4S. The SMILES string of the molecule is CC[C@H](C)[C@H](CO)N1C(=O)[C@@H]2[C@@H](C(=O)NCc3ccccc3)[C@H]3CCC2(S3)C1C(=O)Nc1c(C)cccc1Cl. The number of nitrogens with zero attached hydrogens (tertiary/aromatic N) is 1. The van der Waals surface area contributed by atoms with E-state index in [-0.39, 0.29) is 35.5 Å². The first-order chi connectivity index (χ1) is 18.7. The maximum atomic E-state index is 14.3. The minimum Gasteiger partial charge on any atom is -0.394 e. The van der Waals surface area contributed by atoms with Gasteiger partial charge in [0.2, 0.25) is 17.7 Å². The molecule has 2 bridgehead atoms. The minimum atomic E-state index is -0.821. The maximum Gasteiger partial charge on any atom is 0.248 e. The predicted octanol–water partition coefficient (Wildman–Crippen LogP) is 4.40. The Morgan fingerprint density at radius 3 is 2.59 bits per heavy atom. The van der Waals surface area contributed by atoms with Gasteiger partial charge < -0.3 is 20.6 Å². The smallest absolute Gasteiger partial charge is 0.248 e. The molecule has 3 aliphatic heterocycles. The van der Waals surface area contributed by atoms with Crippen molar-refractivity contribution in [3.63, 3.8) is 0 Å². The van der Waals surface area contributed by atoms with E-state index in [1.165, 1.54) is 0 Å². The van der Waals surface area contributed by atoms with Crippen LogP contribution in [0.2, 0.25) is 5.02 Å². The van der Waals surface area contributed by atoms with Crippen molar-refractivity contribution in [2.75, 3.05) is 11.9 Å². The molecule has 3 heterocycles. The van der Waals surface area contributed by atoms with Gasteiger partial charge in [-0.05, 0) is 42.9 Å². The number of aryl methyl sites for hydroxylation is 1. The number of fused-ring (bicyclic) bond motifs is 1. The van der Waals surface area contributed by atoms with Crippen LogP contribution in [0.1, 0.15) is 44.2 Å². The van der Waals surface area contributed by atoms with Crippen molar-refractivity contribution >= 4 is 46.8 Å². The third-order valence-electron chi connectivity index (χ3n) is 8.91. The van der Waals surface area contributed by atoms with Gasteiger partial charge in [0.15, 0.2) is 0 Å². The average molecular weight is 570 g/mol. The fraction of sp³-hybridized carbons (Fsp3) is 0.500. The summed E-state index contributed by atoms with van der Waals surface area (Å²) in [5.41, 5.74) is 2.33. The second-order valence-electron chi connectivity index (χ2n) is 11.1. The Bertz CT molecular complexity index is 1240. The molecule has 2 aromatic carbocycles. The highest BCUT2D eigenvalue weighted by Gasteiger charge is 2.74. The van der Waals surface area contributed by atoms with Crippen molar-refractivity contribution in [2.24, 2.45) is 17.8 Å². The van der Waals surface area contributed by atoms with Crippen molar-refractivity contribution in [1.82, 2.24) is 10.2 Å². The largest absolute Gasteiger partial charge is 0.394 e. The number of thioether (sulfide) groups is 1. The number of nitrogens with one attached hydrogen (secondary N) is 2. The third-order valence-corrected chi connectivity index (χ3v) is 11.2. The molecule has 7 atom stereocenters. The first-order valence-electron chi connectivity index (χ1n) is 13.7. The van der Waals surface area contributed by atoms with E-state index in [9.17, 15) is 19.5 Å². The summed E-state index contributed by atoms with van der Waals surface area (Å²) in [6.07, 6.45) is 2.16. The molecule has 3 fully saturated rings. The molecule has 2 unspecified atom stereocenters.